The lowest BCUT2D eigenvalue weighted by Gasteiger charge is -2.03. The molecule has 0 N–H and O–H groups in total. The van der Waals surface area contributed by atoms with Gasteiger partial charge in [-0.3, -0.25) is 0 Å². The van der Waals surface area contributed by atoms with Gasteiger partial charge in [-0.05, 0) is 62.1 Å². The number of hydrogen-bond acceptors (Lipinski definition) is 2. The summed E-state index contributed by atoms with van der Waals surface area (Å²) in [5.74, 6) is 1.94. The molecule has 0 aliphatic heterocycles. The average molecular weight is 272 g/mol. The molecule has 0 fully saturated rings. The first-order chi connectivity index (χ1) is 9.47. The highest BCUT2D eigenvalue weighted by atomic mass is 16.5. The van der Waals surface area contributed by atoms with Crippen molar-refractivity contribution in [3.05, 3.63) is 58.7 Å². The molecule has 108 valence electrons. The SMILES string of the molecule is COc1cc(C)ccc1C.COc1cc(C)ccc1C. The Morgan fingerprint density at radius 1 is 0.600 bits per heavy atom. The third-order valence-electron chi connectivity index (χ3n) is 3.13. The maximum atomic E-state index is 5.13. The van der Waals surface area contributed by atoms with E-state index in [9.17, 15) is 0 Å². The van der Waals surface area contributed by atoms with Crippen molar-refractivity contribution in [2.75, 3.05) is 14.2 Å². The Balaban J connectivity index is 0.000000200. The highest BCUT2D eigenvalue weighted by Crippen LogP contribution is 2.18. The molecule has 2 nitrogen and oxygen atoms in total. The molecule has 0 amide bonds. The molecule has 0 saturated carbocycles. The number of ether oxygens (including phenoxy) is 2. The van der Waals surface area contributed by atoms with Crippen molar-refractivity contribution in [3.63, 3.8) is 0 Å². The number of hydrogen-bond donors (Lipinski definition) is 0. The fraction of sp³-hybridized carbons (Fsp3) is 0.333. The highest BCUT2D eigenvalue weighted by Gasteiger charge is 1.95. The first-order valence-electron chi connectivity index (χ1n) is 6.70. The average Bonchev–Trinajstić information content (AvgIpc) is 2.44. The third-order valence-corrected chi connectivity index (χ3v) is 3.13. The van der Waals surface area contributed by atoms with Crippen LogP contribution < -0.4 is 9.47 Å². The van der Waals surface area contributed by atoms with Crippen LogP contribution in [0.1, 0.15) is 22.3 Å². The summed E-state index contributed by atoms with van der Waals surface area (Å²) < 4.78 is 10.3. The van der Waals surface area contributed by atoms with Gasteiger partial charge in [0.15, 0.2) is 0 Å². The molecular weight excluding hydrogens is 248 g/mol. The standard InChI is InChI=1S/2C9H12O/c2*1-7-4-5-8(2)9(6-7)10-3/h2*4-6H,1-3H3. The lowest BCUT2D eigenvalue weighted by molar-refractivity contribution is 0.411. The number of rotatable bonds is 2. The second-order valence-corrected chi connectivity index (χ2v) is 4.95. The van der Waals surface area contributed by atoms with Crippen molar-refractivity contribution in [3.8, 4) is 11.5 Å². The Morgan fingerprint density at radius 3 is 1.20 bits per heavy atom. The summed E-state index contributed by atoms with van der Waals surface area (Å²) in [6, 6.07) is 12.4. The molecule has 0 aliphatic carbocycles. The number of benzene rings is 2. The van der Waals surface area contributed by atoms with Gasteiger partial charge in [-0.2, -0.15) is 0 Å². The second kappa shape index (κ2) is 7.59. The van der Waals surface area contributed by atoms with Crippen molar-refractivity contribution in [1.82, 2.24) is 0 Å². The summed E-state index contributed by atoms with van der Waals surface area (Å²) in [5.41, 5.74) is 4.85. The van der Waals surface area contributed by atoms with Gasteiger partial charge in [0.1, 0.15) is 11.5 Å². The van der Waals surface area contributed by atoms with Gasteiger partial charge in [0, 0.05) is 0 Å². The Kier molecular flexibility index (Phi) is 6.10. The summed E-state index contributed by atoms with van der Waals surface area (Å²) in [7, 11) is 3.39. The predicted molar refractivity (Wildman–Crippen MR) is 84.9 cm³/mol. The Bertz CT molecular complexity index is 508. The highest BCUT2D eigenvalue weighted by molar-refractivity contribution is 5.36. The van der Waals surface area contributed by atoms with Gasteiger partial charge in [-0.15, -0.1) is 0 Å². The van der Waals surface area contributed by atoms with E-state index in [0.717, 1.165) is 11.5 Å². The Hall–Kier alpha value is -1.96. The molecule has 2 aromatic carbocycles. The van der Waals surface area contributed by atoms with Gasteiger partial charge in [0.2, 0.25) is 0 Å². The second-order valence-electron chi connectivity index (χ2n) is 4.95. The number of aryl methyl sites for hydroxylation is 4. The molecule has 0 heterocycles. The van der Waals surface area contributed by atoms with Gasteiger partial charge in [0.25, 0.3) is 0 Å². The zero-order chi connectivity index (χ0) is 15.1. The van der Waals surface area contributed by atoms with Gasteiger partial charge in [0.05, 0.1) is 14.2 Å². The maximum Gasteiger partial charge on any atom is 0.122 e. The summed E-state index contributed by atoms with van der Waals surface area (Å²) in [5, 5.41) is 0. The van der Waals surface area contributed by atoms with Crippen molar-refractivity contribution < 1.29 is 9.47 Å². The topological polar surface area (TPSA) is 18.5 Å². The van der Waals surface area contributed by atoms with Crippen molar-refractivity contribution in [2.45, 2.75) is 27.7 Å². The van der Waals surface area contributed by atoms with E-state index in [0.29, 0.717) is 0 Å². The third kappa shape index (κ3) is 4.61. The predicted octanol–water partition coefficient (Wildman–Crippen LogP) is 4.62. The van der Waals surface area contributed by atoms with E-state index in [2.05, 4.69) is 38.1 Å². The molecular formula is C18H24O2. The molecule has 0 aliphatic rings. The minimum atomic E-state index is 0.972. The van der Waals surface area contributed by atoms with E-state index < -0.39 is 0 Å². The van der Waals surface area contributed by atoms with E-state index in [1.54, 1.807) is 14.2 Å². The summed E-state index contributed by atoms with van der Waals surface area (Å²) in [4.78, 5) is 0. The van der Waals surface area contributed by atoms with Gasteiger partial charge in [-0.1, -0.05) is 24.3 Å². The van der Waals surface area contributed by atoms with Gasteiger partial charge >= 0.3 is 0 Å². The molecule has 20 heavy (non-hydrogen) atoms. The zero-order valence-electron chi connectivity index (χ0n) is 13.3. The summed E-state index contributed by atoms with van der Waals surface area (Å²) in [6.07, 6.45) is 0. The van der Waals surface area contributed by atoms with Crippen LogP contribution in [0.15, 0.2) is 36.4 Å². The first kappa shape index (κ1) is 16.1. The smallest absolute Gasteiger partial charge is 0.122 e. The Labute approximate surface area is 122 Å². The molecule has 0 radical (unpaired) electrons. The lowest BCUT2D eigenvalue weighted by atomic mass is 10.1. The molecule has 2 aromatic rings. The van der Waals surface area contributed by atoms with E-state index in [1.165, 1.54) is 22.3 Å². The van der Waals surface area contributed by atoms with Crippen LogP contribution in [0.3, 0.4) is 0 Å². The molecule has 0 atom stereocenters. The van der Waals surface area contributed by atoms with Crippen LogP contribution >= 0.6 is 0 Å². The maximum absolute atomic E-state index is 5.13. The lowest BCUT2D eigenvalue weighted by Crippen LogP contribution is -1.86. The molecule has 0 spiro atoms. The minimum Gasteiger partial charge on any atom is -0.496 e. The molecule has 0 aromatic heterocycles. The normalized spacial score (nSPS) is 9.50. The van der Waals surface area contributed by atoms with E-state index >= 15 is 0 Å². The summed E-state index contributed by atoms with van der Waals surface area (Å²) >= 11 is 0. The van der Waals surface area contributed by atoms with E-state index in [1.807, 2.05) is 26.0 Å². The van der Waals surface area contributed by atoms with Crippen molar-refractivity contribution in [1.29, 1.82) is 0 Å². The van der Waals surface area contributed by atoms with E-state index in [-0.39, 0.29) is 0 Å². The van der Waals surface area contributed by atoms with Gasteiger partial charge in [-0.25, -0.2) is 0 Å². The van der Waals surface area contributed by atoms with Gasteiger partial charge < -0.3 is 9.47 Å². The molecule has 0 unspecified atom stereocenters. The largest absolute Gasteiger partial charge is 0.496 e. The zero-order valence-corrected chi connectivity index (χ0v) is 13.3. The number of methoxy groups -OCH3 is 2. The monoisotopic (exact) mass is 272 g/mol. The molecule has 0 bridgehead atoms. The van der Waals surface area contributed by atoms with Crippen LogP contribution in [0.25, 0.3) is 0 Å². The van der Waals surface area contributed by atoms with E-state index in [4.69, 9.17) is 9.47 Å². The molecule has 0 saturated heterocycles. The van der Waals surface area contributed by atoms with Crippen LogP contribution in [0.4, 0.5) is 0 Å². The Morgan fingerprint density at radius 2 is 0.950 bits per heavy atom. The molecule has 2 rings (SSSR count). The molecule has 2 heteroatoms. The minimum absolute atomic E-state index is 0.972. The fourth-order valence-corrected chi connectivity index (χ4v) is 1.85. The van der Waals surface area contributed by atoms with Crippen molar-refractivity contribution >= 4 is 0 Å². The van der Waals surface area contributed by atoms with Crippen LogP contribution in [0, 0.1) is 27.7 Å². The van der Waals surface area contributed by atoms with Crippen LogP contribution in [0.5, 0.6) is 11.5 Å². The fourth-order valence-electron chi connectivity index (χ4n) is 1.85. The van der Waals surface area contributed by atoms with Crippen LogP contribution in [0.2, 0.25) is 0 Å². The first-order valence-corrected chi connectivity index (χ1v) is 6.70. The summed E-state index contributed by atoms with van der Waals surface area (Å²) in [6.45, 7) is 8.19. The van der Waals surface area contributed by atoms with Crippen LogP contribution in [-0.2, 0) is 0 Å². The van der Waals surface area contributed by atoms with Crippen molar-refractivity contribution in [2.24, 2.45) is 0 Å². The quantitative estimate of drug-likeness (QED) is 0.794. The van der Waals surface area contributed by atoms with Crippen LogP contribution in [-0.4, -0.2) is 14.2 Å².